The fraction of sp³-hybridized carbons (Fsp3) is 0.200. The molecule has 1 aliphatic rings. The van der Waals surface area contributed by atoms with Crippen LogP contribution in [0.25, 0.3) is 21.0 Å². The highest BCUT2D eigenvalue weighted by Gasteiger charge is 2.40. The highest BCUT2D eigenvalue weighted by Crippen LogP contribution is 2.34. The third-order valence-electron chi connectivity index (χ3n) is 5.07. The molecule has 148 valence electrons. The van der Waals surface area contributed by atoms with E-state index in [2.05, 4.69) is 10.3 Å². The maximum atomic E-state index is 12.9. The Hall–Kier alpha value is -2.33. The summed E-state index contributed by atoms with van der Waals surface area (Å²) >= 11 is 2.58. The maximum Gasteiger partial charge on any atom is 0.253 e. The minimum absolute atomic E-state index is 0.267. The second kappa shape index (κ2) is 7.17. The fourth-order valence-corrected chi connectivity index (χ4v) is 7.49. The Kier molecular flexibility index (Phi) is 4.62. The number of carbonyl (C=O) groups is 1. The Morgan fingerprint density at radius 1 is 1.14 bits per heavy atom. The van der Waals surface area contributed by atoms with Crippen molar-refractivity contribution in [3.8, 4) is 0 Å². The van der Waals surface area contributed by atoms with Gasteiger partial charge in [0.2, 0.25) is 5.91 Å². The molecule has 5 rings (SSSR count). The van der Waals surface area contributed by atoms with Gasteiger partial charge in [0, 0.05) is 11.9 Å². The van der Waals surface area contributed by atoms with Crippen LogP contribution >= 0.6 is 22.7 Å². The van der Waals surface area contributed by atoms with E-state index >= 15 is 0 Å². The van der Waals surface area contributed by atoms with E-state index in [4.69, 9.17) is 0 Å². The van der Waals surface area contributed by atoms with Gasteiger partial charge in [-0.1, -0.05) is 47.7 Å². The number of thiophene rings is 1. The summed E-state index contributed by atoms with van der Waals surface area (Å²) < 4.78 is 28.4. The number of carbonyl (C=O) groups excluding carboxylic acids is 1. The molecule has 2 aromatic carbocycles. The van der Waals surface area contributed by atoms with Crippen LogP contribution in [0.2, 0.25) is 0 Å². The van der Waals surface area contributed by atoms with Crippen LogP contribution < -0.4 is 5.32 Å². The lowest BCUT2D eigenvalue weighted by Gasteiger charge is -2.22. The average Bonchev–Trinajstić information content (AvgIpc) is 3.47. The van der Waals surface area contributed by atoms with Crippen molar-refractivity contribution in [3.63, 3.8) is 0 Å². The SMILES string of the molecule is O=C(Nc1nc2ccc3ccccc3c2s1)[C@H]1CCCN1S(=O)(=O)c1cccs1. The summed E-state index contributed by atoms with van der Waals surface area (Å²) in [5, 5.41) is 7.27. The van der Waals surface area contributed by atoms with Gasteiger partial charge in [-0.3, -0.25) is 4.79 Å². The van der Waals surface area contributed by atoms with Gasteiger partial charge in [-0.25, -0.2) is 13.4 Å². The van der Waals surface area contributed by atoms with Gasteiger partial charge < -0.3 is 5.32 Å². The minimum atomic E-state index is -3.66. The Balaban J connectivity index is 1.43. The van der Waals surface area contributed by atoms with Gasteiger partial charge in [0.15, 0.2) is 5.13 Å². The molecule has 1 aliphatic heterocycles. The Morgan fingerprint density at radius 3 is 2.83 bits per heavy atom. The third kappa shape index (κ3) is 3.24. The van der Waals surface area contributed by atoms with Crippen molar-refractivity contribution in [2.75, 3.05) is 11.9 Å². The molecule has 2 aromatic heterocycles. The summed E-state index contributed by atoms with van der Waals surface area (Å²) in [7, 11) is -3.66. The van der Waals surface area contributed by atoms with Gasteiger partial charge in [-0.15, -0.1) is 11.3 Å². The van der Waals surface area contributed by atoms with Crippen molar-refractivity contribution >= 4 is 64.7 Å². The van der Waals surface area contributed by atoms with E-state index in [1.807, 2.05) is 36.4 Å². The molecule has 0 aliphatic carbocycles. The first-order valence-electron chi connectivity index (χ1n) is 9.18. The molecule has 1 fully saturated rings. The molecular weight excluding hydrogens is 426 g/mol. The number of anilines is 1. The molecule has 1 amide bonds. The maximum absolute atomic E-state index is 12.9. The topological polar surface area (TPSA) is 79.4 Å². The molecule has 0 radical (unpaired) electrons. The van der Waals surface area contributed by atoms with E-state index in [1.54, 1.807) is 17.5 Å². The first kappa shape index (κ1) is 18.7. The molecule has 0 saturated carbocycles. The zero-order valence-corrected chi connectivity index (χ0v) is 17.7. The average molecular weight is 444 g/mol. The number of amides is 1. The molecule has 6 nitrogen and oxygen atoms in total. The van der Waals surface area contributed by atoms with E-state index in [0.717, 1.165) is 21.0 Å². The van der Waals surface area contributed by atoms with Crippen LogP contribution in [0.3, 0.4) is 0 Å². The highest BCUT2D eigenvalue weighted by molar-refractivity contribution is 7.91. The number of hydrogen-bond donors (Lipinski definition) is 1. The number of rotatable bonds is 4. The number of aromatic nitrogens is 1. The lowest BCUT2D eigenvalue weighted by Crippen LogP contribution is -2.42. The van der Waals surface area contributed by atoms with E-state index < -0.39 is 16.1 Å². The summed E-state index contributed by atoms with van der Waals surface area (Å²) in [6.07, 6.45) is 1.16. The Labute approximate surface area is 175 Å². The summed E-state index contributed by atoms with van der Waals surface area (Å²) in [5.41, 5.74) is 0.818. The summed E-state index contributed by atoms with van der Waals surface area (Å²) in [4.78, 5) is 17.5. The van der Waals surface area contributed by atoms with Crippen LogP contribution in [0.1, 0.15) is 12.8 Å². The van der Waals surface area contributed by atoms with Crippen molar-refractivity contribution in [1.29, 1.82) is 0 Å². The van der Waals surface area contributed by atoms with Crippen LogP contribution in [0.4, 0.5) is 5.13 Å². The normalized spacial score (nSPS) is 17.9. The molecule has 29 heavy (non-hydrogen) atoms. The van der Waals surface area contributed by atoms with E-state index in [1.165, 1.54) is 27.0 Å². The van der Waals surface area contributed by atoms with Crippen molar-refractivity contribution in [3.05, 3.63) is 53.9 Å². The number of thiazole rings is 1. The summed E-state index contributed by atoms with van der Waals surface area (Å²) in [6, 6.07) is 14.5. The number of sulfonamides is 1. The number of hydrogen-bond acceptors (Lipinski definition) is 6. The summed E-state index contributed by atoms with van der Waals surface area (Å²) in [6.45, 7) is 0.350. The molecule has 3 heterocycles. The molecule has 1 N–H and O–H groups in total. The van der Waals surface area contributed by atoms with Gasteiger partial charge in [0.25, 0.3) is 10.0 Å². The first-order valence-corrected chi connectivity index (χ1v) is 12.3. The van der Waals surface area contributed by atoms with Gasteiger partial charge in [0.1, 0.15) is 10.3 Å². The zero-order chi connectivity index (χ0) is 20.0. The largest absolute Gasteiger partial charge is 0.301 e. The number of nitrogens with one attached hydrogen (secondary N) is 1. The van der Waals surface area contributed by atoms with Crippen molar-refractivity contribution < 1.29 is 13.2 Å². The molecule has 1 saturated heterocycles. The van der Waals surface area contributed by atoms with Gasteiger partial charge in [-0.05, 0) is 35.7 Å². The van der Waals surface area contributed by atoms with Crippen LogP contribution in [-0.4, -0.2) is 36.2 Å². The zero-order valence-electron chi connectivity index (χ0n) is 15.2. The van der Waals surface area contributed by atoms with Crippen LogP contribution in [0, 0.1) is 0 Å². The van der Waals surface area contributed by atoms with E-state index in [0.29, 0.717) is 24.5 Å². The Bertz CT molecular complexity index is 1310. The van der Waals surface area contributed by atoms with E-state index in [9.17, 15) is 13.2 Å². The van der Waals surface area contributed by atoms with Crippen LogP contribution in [0.5, 0.6) is 0 Å². The third-order valence-corrected chi connectivity index (χ3v) is 9.38. The molecular formula is C20H17N3O3S3. The molecule has 0 bridgehead atoms. The predicted molar refractivity (Wildman–Crippen MR) is 117 cm³/mol. The molecule has 9 heteroatoms. The minimum Gasteiger partial charge on any atom is -0.301 e. The van der Waals surface area contributed by atoms with Gasteiger partial charge in [0.05, 0.1) is 10.2 Å². The van der Waals surface area contributed by atoms with Crippen molar-refractivity contribution in [2.24, 2.45) is 0 Å². The molecule has 0 unspecified atom stereocenters. The number of nitrogens with zero attached hydrogens (tertiary/aromatic N) is 2. The lowest BCUT2D eigenvalue weighted by atomic mass is 10.1. The van der Waals surface area contributed by atoms with Crippen molar-refractivity contribution in [2.45, 2.75) is 23.1 Å². The van der Waals surface area contributed by atoms with Gasteiger partial charge >= 0.3 is 0 Å². The second-order valence-corrected chi connectivity index (χ2v) is 10.9. The van der Waals surface area contributed by atoms with Crippen LogP contribution in [0.15, 0.2) is 58.1 Å². The van der Waals surface area contributed by atoms with Crippen LogP contribution in [-0.2, 0) is 14.8 Å². The quantitative estimate of drug-likeness (QED) is 0.510. The molecule has 1 atom stereocenters. The highest BCUT2D eigenvalue weighted by atomic mass is 32.2. The lowest BCUT2D eigenvalue weighted by molar-refractivity contribution is -0.119. The first-order chi connectivity index (χ1) is 14.0. The standard InChI is InChI=1S/C20H17N3O3S3/c24-19(16-7-3-11-23(16)29(25,26)17-8-4-12-27-17)22-20-21-15-10-9-13-5-1-2-6-14(13)18(15)28-20/h1-2,4-6,8-10,12,16H,3,7,11H2,(H,21,22,24)/t16-/m1/s1. The van der Waals surface area contributed by atoms with Gasteiger partial charge in [-0.2, -0.15) is 4.31 Å². The fourth-order valence-electron chi connectivity index (χ4n) is 3.71. The van der Waals surface area contributed by atoms with Crippen molar-refractivity contribution in [1.82, 2.24) is 9.29 Å². The summed E-state index contributed by atoms with van der Waals surface area (Å²) in [5.74, 6) is -0.328. The molecule has 0 spiro atoms. The molecule has 4 aromatic rings. The second-order valence-electron chi connectivity index (χ2n) is 6.85. The predicted octanol–water partition coefficient (Wildman–Crippen LogP) is 4.30. The number of fused-ring (bicyclic) bond motifs is 3. The smallest absolute Gasteiger partial charge is 0.253 e. The van der Waals surface area contributed by atoms with E-state index in [-0.39, 0.29) is 10.1 Å². The number of benzene rings is 2. The monoisotopic (exact) mass is 443 g/mol. The Morgan fingerprint density at radius 2 is 2.00 bits per heavy atom.